The Bertz CT molecular complexity index is 779. The van der Waals surface area contributed by atoms with E-state index in [0.717, 1.165) is 0 Å². The normalized spacial score (nSPS) is 10.6. The van der Waals surface area contributed by atoms with Crippen molar-refractivity contribution >= 4 is 11.9 Å². The van der Waals surface area contributed by atoms with E-state index in [0.29, 0.717) is 17.1 Å². The second-order valence-corrected chi connectivity index (χ2v) is 4.85. The molecule has 0 aliphatic rings. The first-order valence-corrected chi connectivity index (χ1v) is 7.04. The third-order valence-corrected chi connectivity index (χ3v) is 3.39. The van der Waals surface area contributed by atoms with Crippen LogP contribution in [0.5, 0.6) is 28.7 Å². The molecule has 2 aromatic rings. The Hall–Kier alpha value is -3.15. The first-order chi connectivity index (χ1) is 11.5. The summed E-state index contributed by atoms with van der Waals surface area (Å²) in [4.78, 5) is 12.4. The zero-order valence-corrected chi connectivity index (χ0v) is 13.6. The van der Waals surface area contributed by atoms with Crippen molar-refractivity contribution in [2.24, 2.45) is 0 Å². The molecule has 6 nitrogen and oxygen atoms in total. The number of aromatic hydroxyl groups is 2. The number of rotatable bonds is 6. The van der Waals surface area contributed by atoms with E-state index >= 15 is 0 Å². The van der Waals surface area contributed by atoms with Crippen LogP contribution in [0.15, 0.2) is 36.4 Å². The Balaban J connectivity index is 2.37. The second kappa shape index (κ2) is 7.41. The SMILES string of the molecule is COc1cc(O)c(C(=O)/C=C/c2ccc(O)cc2OC)c(OC)c1. The molecule has 6 heteroatoms. The van der Waals surface area contributed by atoms with Gasteiger partial charge in [0.05, 0.1) is 21.3 Å². The van der Waals surface area contributed by atoms with E-state index < -0.39 is 5.78 Å². The summed E-state index contributed by atoms with van der Waals surface area (Å²) in [6, 6.07) is 7.39. The maximum absolute atomic E-state index is 12.4. The number of ketones is 1. The predicted octanol–water partition coefficient (Wildman–Crippen LogP) is 3.02. The highest BCUT2D eigenvalue weighted by Gasteiger charge is 2.17. The Morgan fingerprint density at radius 3 is 2.29 bits per heavy atom. The lowest BCUT2D eigenvalue weighted by atomic mass is 10.1. The van der Waals surface area contributed by atoms with Crippen LogP contribution < -0.4 is 14.2 Å². The van der Waals surface area contributed by atoms with E-state index in [1.807, 2.05) is 0 Å². The van der Waals surface area contributed by atoms with Crippen LogP contribution in [0.1, 0.15) is 15.9 Å². The standard InChI is InChI=1S/C18H18O6/c1-22-13-9-15(21)18(17(10-13)24-3)14(20)7-5-11-4-6-12(19)8-16(11)23-2/h4-10,19,21H,1-3H3/b7-5+. The Morgan fingerprint density at radius 2 is 1.67 bits per heavy atom. The number of ether oxygens (including phenoxy) is 3. The van der Waals surface area contributed by atoms with Crippen molar-refractivity contribution in [3.05, 3.63) is 47.5 Å². The van der Waals surface area contributed by atoms with Gasteiger partial charge in [-0.25, -0.2) is 0 Å². The number of phenols is 2. The smallest absolute Gasteiger partial charge is 0.193 e. The second-order valence-electron chi connectivity index (χ2n) is 4.85. The average Bonchev–Trinajstić information content (AvgIpc) is 2.59. The number of carbonyl (C=O) groups excluding carboxylic acids is 1. The maximum atomic E-state index is 12.4. The summed E-state index contributed by atoms with van der Waals surface area (Å²) >= 11 is 0. The number of hydrogen-bond acceptors (Lipinski definition) is 6. The number of benzene rings is 2. The minimum absolute atomic E-state index is 0.0345. The van der Waals surface area contributed by atoms with E-state index in [4.69, 9.17) is 14.2 Å². The Morgan fingerprint density at radius 1 is 0.958 bits per heavy atom. The van der Waals surface area contributed by atoms with Crippen molar-refractivity contribution in [2.45, 2.75) is 0 Å². The van der Waals surface area contributed by atoms with Crippen molar-refractivity contribution in [3.63, 3.8) is 0 Å². The topological polar surface area (TPSA) is 85.2 Å². The highest BCUT2D eigenvalue weighted by molar-refractivity contribution is 6.10. The molecular formula is C18H18O6. The van der Waals surface area contributed by atoms with Crippen molar-refractivity contribution < 1.29 is 29.2 Å². The van der Waals surface area contributed by atoms with E-state index in [1.165, 1.54) is 57.7 Å². The fraction of sp³-hybridized carbons (Fsp3) is 0.167. The molecule has 2 aromatic carbocycles. The van der Waals surface area contributed by atoms with Crippen LogP contribution in [0.25, 0.3) is 6.08 Å². The molecule has 0 heterocycles. The minimum Gasteiger partial charge on any atom is -0.508 e. The number of methoxy groups -OCH3 is 3. The average molecular weight is 330 g/mol. The van der Waals surface area contributed by atoms with Crippen LogP contribution in [0.4, 0.5) is 0 Å². The van der Waals surface area contributed by atoms with Crippen LogP contribution in [0, 0.1) is 0 Å². The molecule has 0 aliphatic heterocycles. The Kier molecular flexibility index (Phi) is 5.31. The maximum Gasteiger partial charge on any atom is 0.193 e. The number of carbonyl (C=O) groups is 1. The zero-order chi connectivity index (χ0) is 17.7. The van der Waals surface area contributed by atoms with Gasteiger partial charge < -0.3 is 24.4 Å². The van der Waals surface area contributed by atoms with Crippen molar-refractivity contribution in [1.29, 1.82) is 0 Å². The summed E-state index contributed by atoms with van der Waals surface area (Å²) < 4.78 is 15.3. The fourth-order valence-corrected chi connectivity index (χ4v) is 2.19. The monoisotopic (exact) mass is 330 g/mol. The number of phenolic OH excluding ortho intramolecular Hbond substituents is 2. The van der Waals surface area contributed by atoms with Gasteiger partial charge in [0.2, 0.25) is 0 Å². The molecular weight excluding hydrogens is 312 g/mol. The van der Waals surface area contributed by atoms with Crippen molar-refractivity contribution in [2.75, 3.05) is 21.3 Å². The van der Waals surface area contributed by atoms with Gasteiger partial charge >= 0.3 is 0 Å². The summed E-state index contributed by atoms with van der Waals surface area (Å²) in [6.45, 7) is 0. The quantitative estimate of drug-likeness (QED) is 0.625. The van der Waals surface area contributed by atoms with Gasteiger partial charge in [-0.1, -0.05) is 0 Å². The van der Waals surface area contributed by atoms with Crippen LogP contribution in [0.2, 0.25) is 0 Å². The molecule has 0 amide bonds. The van der Waals surface area contributed by atoms with Crippen molar-refractivity contribution in [1.82, 2.24) is 0 Å². The first kappa shape index (κ1) is 17.2. The molecule has 24 heavy (non-hydrogen) atoms. The van der Waals surface area contributed by atoms with Crippen molar-refractivity contribution in [3.8, 4) is 28.7 Å². The molecule has 0 fully saturated rings. The van der Waals surface area contributed by atoms with E-state index in [2.05, 4.69) is 0 Å². The molecule has 0 aliphatic carbocycles. The molecule has 0 spiro atoms. The molecule has 0 atom stereocenters. The first-order valence-electron chi connectivity index (χ1n) is 7.04. The fourth-order valence-electron chi connectivity index (χ4n) is 2.19. The molecule has 0 saturated carbocycles. The van der Waals surface area contributed by atoms with E-state index in [-0.39, 0.29) is 22.8 Å². The van der Waals surface area contributed by atoms with Gasteiger partial charge in [-0.2, -0.15) is 0 Å². The lowest BCUT2D eigenvalue weighted by Crippen LogP contribution is -2.00. The van der Waals surface area contributed by atoms with Gasteiger partial charge in [-0.05, 0) is 24.3 Å². The van der Waals surface area contributed by atoms with Crippen LogP contribution in [-0.2, 0) is 0 Å². The molecule has 2 N–H and O–H groups in total. The lowest BCUT2D eigenvalue weighted by molar-refractivity contribution is 0.104. The van der Waals surface area contributed by atoms with Gasteiger partial charge in [-0.3, -0.25) is 4.79 Å². The summed E-state index contributed by atoms with van der Waals surface area (Å²) in [5, 5.41) is 19.5. The minimum atomic E-state index is -0.442. The van der Waals surface area contributed by atoms with Gasteiger partial charge in [0, 0.05) is 23.8 Å². The van der Waals surface area contributed by atoms with Gasteiger partial charge in [-0.15, -0.1) is 0 Å². The summed E-state index contributed by atoms with van der Waals surface area (Å²) in [7, 11) is 4.32. The summed E-state index contributed by atoms with van der Waals surface area (Å²) in [5.74, 6) is 0.389. The van der Waals surface area contributed by atoms with E-state index in [1.54, 1.807) is 6.07 Å². The molecule has 0 unspecified atom stereocenters. The van der Waals surface area contributed by atoms with Crippen LogP contribution in [0.3, 0.4) is 0 Å². The highest BCUT2D eigenvalue weighted by atomic mass is 16.5. The molecule has 0 radical (unpaired) electrons. The molecule has 2 rings (SSSR count). The Labute approximate surface area is 139 Å². The van der Waals surface area contributed by atoms with Gasteiger partial charge in [0.15, 0.2) is 5.78 Å². The van der Waals surface area contributed by atoms with Crippen LogP contribution in [-0.4, -0.2) is 37.3 Å². The molecule has 0 saturated heterocycles. The summed E-state index contributed by atoms with van der Waals surface area (Å²) in [6.07, 6.45) is 2.82. The molecule has 0 bridgehead atoms. The molecule has 0 aromatic heterocycles. The largest absolute Gasteiger partial charge is 0.508 e. The highest BCUT2D eigenvalue weighted by Crippen LogP contribution is 2.34. The number of hydrogen-bond donors (Lipinski definition) is 2. The predicted molar refractivity (Wildman–Crippen MR) is 89.2 cm³/mol. The van der Waals surface area contributed by atoms with Gasteiger partial charge in [0.25, 0.3) is 0 Å². The summed E-state index contributed by atoms with van der Waals surface area (Å²) in [5.41, 5.74) is 0.642. The van der Waals surface area contributed by atoms with E-state index in [9.17, 15) is 15.0 Å². The zero-order valence-electron chi connectivity index (χ0n) is 13.6. The van der Waals surface area contributed by atoms with Crippen LogP contribution >= 0.6 is 0 Å². The third-order valence-electron chi connectivity index (χ3n) is 3.39. The van der Waals surface area contributed by atoms with Gasteiger partial charge in [0.1, 0.15) is 34.3 Å². The molecule has 126 valence electrons. The third kappa shape index (κ3) is 3.60. The lowest BCUT2D eigenvalue weighted by Gasteiger charge is -2.10. The number of allylic oxidation sites excluding steroid dienone is 1.